The van der Waals surface area contributed by atoms with E-state index in [0.717, 1.165) is 11.1 Å². The molecule has 0 fully saturated rings. The van der Waals surface area contributed by atoms with Gasteiger partial charge in [0.1, 0.15) is 11.4 Å². The molecule has 0 aliphatic heterocycles. The van der Waals surface area contributed by atoms with Gasteiger partial charge in [0.15, 0.2) is 0 Å². The van der Waals surface area contributed by atoms with Gasteiger partial charge < -0.3 is 15.4 Å². The van der Waals surface area contributed by atoms with Crippen LogP contribution >= 0.6 is 0 Å². The first-order valence-electron chi connectivity index (χ1n) is 10.1. The standard InChI is InChI=1S/C24H29FN2O3/c1-23(2,3)30-22(29)27-20-18-9-7-6-8-15(18)14-19(20)26-21(28)24(4,5)16-10-12-17(25)13-11-16/h6-13,19-20H,14H2,1-5H3,(H,26,28)(H,27,29)/t19-,20-/m0/s1. The second-order valence-electron chi connectivity index (χ2n) is 9.24. The van der Waals surface area contributed by atoms with E-state index in [0.29, 0.717) is 12.0 Å². The van der Waals surface area contributed by atoms with Crippen molar-refractivity contribution in [1.82, 2.24) is 10.6 Å². The van der Waals surface area contributed by atoms with Crippen molar-refractivity contribution in [2.75, 3.05) is 0 Å². The van der Waals surface area contributed by atoms with E-state index in [-0.39, 0.29) is 17.8 Å². The zero-order valence-corrected chi connectivity index (χ0v) is 18.1. The third kappa shape index (κ3) is 4.81. The molecule has 0 aromatic heterocycles. The van der Waals surface area contributed by atoms with Gasteiger partial charge >= 0.3 is 6.09 Å². The summed E-state index contributed by atoms with van der Waals surface area (Å²) in [5.74, 6) is -0.536. The molecule has 0 saturated carbocycles. The fourth-order valence-corrected chi connectivity index (χ4v) is 3.69. The second kappa shape index (κ2) is 8.09. The Morgan fingerprint density at radius 3 is 2.23 bits per heavy atom. The first kappa shape index (κ1) is 21.8. The first-order chi connectivity index (χ1) is 14.0. The molecule has 0 saturated heterocycles. The van der Waals surface area contributed by atoms with Gasteiger partial charge in [-0.2, -0.15) is 0 Å². The van der Waals surface area contributed by atoms with Crippen molar-refractivity contribution < 1.29 is 18.7 Å². The maximum atomic E-state index is 13.3. The molecular weight excluding hydrogens is 383 g/mol. The minimum atomic E-state index is -0.862. The lowest BCUT2D eigenvalue weighted by molar-refractivity contribution is -0.126. The highest BCUT2D eigenvalue weighted by Gasteiger charge is 2.38. The summed E-state index contributed by atoms with van der Waals surface area (Å²) in [5, 5.41) is 6.01. The summed E-state index contributed by atoms with van der Waals surface area (Å²) in [5.41, 5.74) is 1.27. The fraction of sp³-hybridized carbons (Fsp3) is 0.417. The minimum Gasteiger partial charge on any atom is -0.444 e. The smallest absolute Gasteiger partial charge is 0.408 e. The van der Waals surface area contributed by atoms with Crippen LogP contribution in [0.1, 0.15) is 57.4 Å². The second-order valence-corrected chi connectivity index (χ2v) is 9.24. The molecule has 2 amide bonds. The molecule has 0 heterocycles. The predicted molar refractivity (Wildman–Crippen MR) is 114 cm³/mol. The lowest BCUT2D eigenvalue weighted by atomic mass is 9.83. The highest BCUT2D eigenvalue weighted by atomic mass is 19.1. The number of carbonyl (C=O) groups is 2. The predicted octanol–water partition coefficient (Wildman–Crippen LogP) is 4.41. The van der Waals surface area contributed by atoms with E-state index in [9.17, 15) is 14.0 Å². The number of alkyl carbamates (subject to hydrolysis) is 1. The molecule has 160 valence electrons. The summed E-state index contributed by atoms with van der Waals surface area (Å²) in [6, 6.07) is 13.0. The summed E-state index contributed by atoms with van der Waals surface area (Å²) in [7, 11) is 0. The van der Waals surface area contributed by atoms with Crippen LogP contribution in [0.2, 0.25) is 0 Å². The van der Waals surface area contributed by atoms with E-state index >= 15 is 0 Å². The topological polar surface area (TPSA) is 67.4 Å². The summed E-state index contributed by atoms with van der Waals surface area (Å²) >= 11 is 0. The average Bonchev–Trinajstić information content (AvgIpc) is 2.97. The molecule has 5 nitrogen and oxygen atoms in total. The van der Waals surface area contributed by atoms with E-state index in [2.05, 4.69) is 10.6 Å². The minimum absolute atomic E-state index is 0.192. The van der Waals surface area contributed by atoms with Crippen molar-refractivity contribution in [1.29, 1.82) is 0 Å². The van der Waals surface area contributed by atoms with Crippen LogP contribution in [0.3, 0.4) is 0 Å². The van der Waals surface area contributed by atoms with Crippen LogP contribution < -0.4 is 10.6 Å². The fourth-order valence-electron chi connectivity index (χ4n) is 3.69. The Balaban J connectivity index is 1.80. The molecule has 2 aromatic carbocycles. The van der Waals surface area contributed by atoms with Crippen molar-refractivity contribution in [3.63, 3.8) is 0 Å². The molecule has 3 rings (SSSR count). The number of hydrogen-bond donors (Lipinski definition) is 2. The molecule has 2 aromatic rings. The largest absolute Gasteiger partial charge is 0.444 e. The molecule has 30 heavy (non-hydrogen) atoms. The third-order valence-electron chi connectivity index (χ3n) is 5.35. The molecule has 1 aliphatic rings. The van der Waals surface area contributed by atoms with Crippen LogP contribution in [-0.4, -0.2) is 23.6 Å². The van der Waals surface area contributed by atoms with Gasteiger partial charge in [-0.15, -0.1) is 0 Å². The Morgan fingerprint density at radius 2 is 1.60 bits per heavy atom. The van der Waals surface area contributed by atoms with Gasteiger partial charge in [-0.05, 0) is 69.9 Å². The SMILES string of the molecule is CC(C)(C)OC(=O)N[C@H]1c2ccccc2C[C@@H]1NC(=O)C(C)(C)c1ccc(F)cc1. The lowest BCUT2D eigenvalue weighted by Crippen LogP contribution is -2.50. The number of ether oxygens (including phenoxy) is 1. The van der Waals surface area contributed by atoms with E-state index in [1.54, 1.807) is 46.8 Å². The number of rotatable bonds is 4. The highest BCUT2D eigenvalue weighted by molar-refractivity contribution is 5.87. The summed E-state index contributed by atoms with van der Waals surface area (Å²) in [6.07, 6.45) is 0.0725. The number of amides is 2. The van der Waals surface area contributed by atoms with Crippen LogP contribution in [0.5, 0.6) is 0 Å². The van der Waals surface area contributed by atoms with Gasteiger partial charge in [0.2, 0.25) is 5.91 Å². The lowest BCUT2D eigenvalue weighted by Gasteiger charge is -2.30. The van der Waals surface area contributed by atoms with Crippen molar-refractivity contribution in [2.45, 2.75) is 64.1 Å². The Hall–Kier alpha value is -2.89. The van der Waals surface area contributed by atoms with E-state index < -0.39 is 23.2 Å². The number of fused-ring (bicyclic) bond motifs is 1. The summed E-state index contributed by atoms with van der Waals surface area (Å²) < 4.78 is 18.7. The molecule has 0 bridgehead atoms. The van der Waals surface area contributed by atoms with Crippen LogP contribution in [0.15, 0.2) is 48.5 Å². The zero-order chi connectivity index (χ0) is 22.1. The van der Waals surface area contributed by atoms with Crippen LogP contribution in [-0.2, 0) is 21.4 Å². The van der Waals surface area contributed by atoms with Crippen molar-refractivity contribution >= 4 is 12.0 Å². The molecule has 0 radical (unpaired) electrons. The monoisotopic (exact) mass is 412 g/mol. The van der Waals surface area contributed by atoms with Gasteiger partial charge in [-0.1, -0.05) is 36.4 Å². The Labute approximate surface area is 177 Å². The number of nitrogens with one attached hydrogen (secondary N) is 2. The van der Waals surface area contributed by atoms with E-state index in [1.165, 1.54) is 12.1 Å². The van der Waals surface area contributed by atoms with E-state index in [4.69, 9.17) is 4.74 Å². The van der Waals surface area contributed by atoms with Gasteiger partial charge in [0, 0.05) is 0 Å². The molecule has 2 atom stereocenters. The van der Waals surface area contributed by atoms with Gasteiger partial charge in [0.05, 0.1) is 17.5 Å². The normalized spacial score (nSPS) is 18.5. The van der Waals surface area contributed by atoms with E-state index in [1.807, 2.05) is 24.3 Å². The summed E-state index contributed by atoms with van der Waals surface area (Å²) in [6.45, 7) is 9.01. The van der Waals surface area contributed by atoms with Crippen molar-refractivity contribution in [3.05, 3.63) is 71.0 Å². The van der Waals surface area contributed by atoms with Crippen LogP contribution in [0, 0.1) is 5.82 Å². The van der Waals surface area contributed by atoms with Crippen LogP contribution in [0.4, 0.5) is 9.18 Å². The number of halogens is 1. The number of benzene rings is 2. The van der Waals surface area contributed by atoms with Crippen LogP contribution in [0.25, 0.3) is 0 Å². The average molecular weight is 413 g/mol. The van der Waals surface area contributed by atoms with Gasteiger partial charge in [-0.3, -0.25) is 4.79 Å². The Bertz CT molecular complexity index is 932. The molecule has 0 spiro atoms. The molecular formula is C24H29FN2O3. The maximum absolute atomic E-state index is 13.3. The highest BCUT2D eigenvalue weighted by Crippen LogP contribution is 2.33. The quantitative estimate of drug-likeness (QED) is 0.782. The molecule has 6 heteroatoms. The third-order valence-corrected chi connectivity index (χ3v) is 5.35. The number of hydrogen-bond acceptors (Lipinski definition) is 3. The van der Waals surface area contributed by atoms with Gasteiger partial charge in [0.25, 0.3) is 0 Å². The van der Waals surface area contributed by atoms with Gasteiger partial charge in [-0.25, -0.2) is 9.18 Å². The number of carbonyl (C=O) groups excluding carboxylic acids is 2. The Kier molecular flexibility index (Phi) is 5.88. The summed E-state index contributed by atoms with van der Waals surface area (Å²) in [4.78, 5) is 25.6. The van der Waals surface area contributed by atoms with Crippen molar-refractivity contribution in [2.24, 2.45) is 0 Å². The Morgan fingerprint density at radius 1 is 0.967 bits per heavy atom. The molecule has 0 unspecified atom stereocenters. The maximum Gasteiger partial charge on any atom is 0.408 e. The van der Waals surface area contributed by atoms with Crippen molar-refractivity contribution in [3.8, 4) is 0 Å². The molecule has 1 aliphatic carbocycles. The zero-order valence-electron chi connectivity index (χ0n) is 18.1. The molecule has 2 N–H and O–H groups in total. The first-order valence-corrected chi connectivity index (χ1v) is 10.1.